The summed E-state index contributed by atoms with van der Waals surface area (Å²) in [5.41, 5.74) is 5.46. The molecule has 0 spiro atoms. The highest BCUT2D eigenvalue weighted by Crippen LogP contribution is 2.26. The molecular formula is C14H25N5O2. The summed E-state index contributed by atoms with van der Waals surface area (Å²) in [6, 6.07) is 1.89. The Balaban J connectivity index is 2.21. The Kier molecular flexibility index (Phi) is 4.84. The number of aliphatic hydroxyl groups excluding tert-OH is 1. The van der Waals surface area contributed by atoms with Gasteiger partial charge in [0, 0.05) is 25.7 Å². The van der Waals surface area contributed by atoms with Crippen molar-refractivity contribution >= 4 is 17.6 Å². The van der Waals surface area contributed by atoms with Gasteiger partial charge in [0.05, 0.1) is 18.3 Å². The molecule has 7 heteroatoms. The first-order valence-corrected chi connectivity index (χ1v) is 7.35. The molecule has 1 aromatic heterocycles. The number of nitrogens with zero attached hydrogens (tertiary/aromatic N) is 3. The Morgan fingerprint density at radius 3 is 2.95 bits per heavy atom. The maximum atomic E-state index is 9.39. The number of hydrogen-bond acceptors (Lipinski definition) is 7. The molecular weight excluding hydrogens is 270 g/mol. The molecule has 2 rings (SSSR count). The minimum Gasteiger partial charge on any atom is -0.394 e. The molecule has 1 saturated heterocycles. The van der Waals surface area contributed by atoms with Gasteiger partial charge in [-0.1, -0.05) is 6.92 Å². The lowest BCUT2D eigenvalue weighted by atomic mass is 10.1. The first kappa shape index (κ1) is 15.8. The van der Waals surface area contributed by atoms with Crippen molar-refractivity contribution in [1.29, 1.82) is 0 Å². The lowest BCUT2D eigenvalue weighted by Gasteiger charge is -2.42. The molecule has 0 amide bonds. The number of aromatic nitrogens is 2. The van der Waals surface area contributed by atoms with E-state index < -0.39 is 0 Å². The fourth-order valence-corrected chi connectivity index (χ4v) is 2.52. The third-order valence-corrected chi connectivity index (χ3v) is 3.30. The maximum absolute atomic E-state index is 9.39. The van der Waals surface area contributed by atoms with Crippen LogP contribution < -0.4 is 16.0 Å². The van der Waals surface area contributed by atoms with Gasteiger partial charge in [0.25, 0.3) is 0 Å². The highest BCUT2D eigenvalue weighted by Gasteiger charge is 2.33. The number of nitrogens with two attached hydrogens (primary N) is 1. The van der Waals surface area contributed by atoms with Gasteiger partial charge in [0.2, 0.25) is 5.95 Å². The van der Waals surface area contributed by atoms with Crippen molar-refractivity contribution in [3.8, 4) is 0 Å². The highest BCUT2D eigenvalue weighted by molar-refractivity contribution is 5.53. The van der Waals surface area contributed by atoms with Crippen molar-refractivity contribution in [2.45, 2.75) is 38.9 Å². The van der Waals surface area contributed by atoms with Crippen LogP contribution in [0.5, 0.6) is 0 Å². The van der Waals surface area contributed by atoms with Crippen molar-refractivity contribution in [3.63, 3.8) is 0 Å². The Morgan fingerprint density at radius 1 is 1.52 bits per heavy atom. The van der Waals surface area contributed by atoms with Gasteiger partial charge < -0.3 is 25.8 Å². The van der Waals surface area contributed by atoms with Crippen LogP contribution in [0.4, 0.5) is 17.6 Å². The van der Waals surface area contributed by atoms with Gasteiger partial charge in [-0.2, -0.15) is 9.97 Å². The number of ether oxygens (including phenoxy) is 1. The topological polar surface area (TPSA) is 96.5 Å². The van der Waals surface area contributed by atoms with Crippen LogP contribution in [0.15, 0.2) is 6.07 Å². The fraction of sp³-hybridized carbons (Fsp3) is 0.714. The Hall–Kier alpha value is -1.60. The first-order valence-electron chi connectivity index (χ1n) is 7.35. The summed E-state index contributed by atoms with van der Waals surface area (Å²) in [5, 5.41) is 12.6. The number of nitrogen functional groups attached to an aromatic ring is 1. The van der Waals surface area contributed by atoms with Crippen LogP contribution >= 0.6 is 0 Å². The fourth-order valence-electron chi connectivity index (χ4n) is 2.52. The molecule has 1 atom stereocenters. The monoisotopic (exact) mass is 295 g/mol. The predicted molar refractivity (Wildman–Crippen MR) is 83.5 cm³/mol. The standard InChI is InChI=1S/C14H25N5O2/c1-4-5-16-11-6-12(18-13(15)17-11)19-7-10(8-20)21-14(2,3)9-19/h6,10,20H,4-5,7-9H2,1-3H3,(H3,15,16,17,18). The lowest BCUT2D eigenvalue weighted by Crippen LogP contribution is -2.54. The molecule has 0 aromatic carbocycles. The maximum Gasteiger partial charge on any atom is 0.223 e. The molecule has 0 radical (unpaired) electrons. The molecule has 21 heavy (non-hydrogen) atoms. The van der Waals surface area contributed by atoms with E-state index in [1.165, 1.54) is 0 Å². The van der Waals surface area contributed by atoms with E-state index in [9.17, 15) is 5.11 Å². The van der Waals surface area contributed by atoms with Gasteiger partial charge in [-0.3, -0.25) is 0 Å². The number of anilines is 3. The molecule has 4 N–H and O–H groups in total. The summed E-state index contributed by atoms with van der Waals surface area (Å²) in [6.45, 7) is 8.20. The third-order valence-electron chi connectivity index (χ3n) is 3.30. The van der Waals surface area contributed by atoms with Crippen molar-refractivity contribution < 1.29 is 9.84 Å². The minimum absolute atomic E-state index is 0.0125. The Labute approximate surface area is 125 Å². The van der Waals surface area contributed by atoms with Crippen LogP contribution in [0.3, 0.4) is 0 Å². The summed E-state index contributed by atoms with van der Waals surface area (Å²) < 4.78 is 5.82. The van der Waals surface area contributed by atoms with Crippen LogP contribution in [-0.2, 0) is 4.74 Å². The second kappa shape index (κ2) is 6.44. The third kappa shape index (κ3) is 4.18. The molecule has 1 aliphatic heterocycles. The zero-order chi connectivity index (χ0) is 15.5. The number of aliphatic hydroxyl groups is 1. The summed E-state index contributed by atoms with van der Waals surface area (Å²) in [6.07, 6.45) is 0.785. The summed E-state index contributed by atoms with van der Waals surface area (Å²) in [4.78, 5) is 10.6. The normalized spacial score (nSPS) is 21.3. The highest BCUT2D eigenvalue weighted by atomic mass is 16.5. The number of rotatable bonds is 5. The summed E-state index contributed by atoms with van der Waals surface area (Å²) in [7, 11) is 0. The van der Waals surface area contributed by atoms with Gasteiger partial charge in [0.15, 0.2) is 0 Å². The second-order valence-corrected chi connectivity index (χ2v) is 5.96. The molecule has 0 saturated carbocycles. The zero-order valence-electron chi connectivity index (χ0n) is 13.0. The van der Waals surface area contributed by atoms with E-state index in [4.69, 9.17) is 10.5 Å². The van der Waals surface area contributed by atoms with Gasteiger partial charge in [-0.25, -0.2) is 0 Å². The Bertz CT molecular complexity index is 480. The molecule has 0 bridgehead atoms. The van der Waals surface area contributed by atoms with Gasteiger partial charge in [0.1, 0.15) is 11.6 Å². The molecule has 0 aliphatic carbocycles. The van der Waals surface area contributed by atoms with Gasteiger partial charge in [-0.05, 0) is 20.3 Å². The van der Waals surface area contributed by atoms with Crippen molar-refractivity contribution in [2.75, 3.05) is 42.2 Å². The largest absolute Gasteiger partial charge is 0.394 e. The molecule has 1 aliphatic rings. The van der Waals surface area contributed by atoms with E-state index in [2.05, 4.69) is 27.1 Å². The van der Waals surface area contributed by atoms with Crippen molar-refractivity contribution in [1.82, 2.24) is 9.97 Å². The lowest BCUT2D eigenvalue weighted by molar-refractivity contribution is -0.101. The van der Waals surface area contributed by atoms with E-state index in [-0.39, 0.29) is 24.3 Å². The zero-order valence-corrected chi connectivity index (χ0v) is 13.0. The molecule has 1 aromatic rings. The van der Waals surface area contributed by atoms with Crippen LogP contribution in [0.25, 0.3) is 0 Å². The SMILES string of the molecule is CCCNc1cc(N2CC(CO)OC(C)(C)C2)nc(N)n1. The van der Waals surface area contributed by atoms with Gasteiger partial charge >= 0.3 is 0 Å². The van der Waals surface area contributed by atoms with Crippen molar-refractivity contribution in [3.05, 3.63) is 6.07 Å². The van der Waals surface area contributed by atoms with E-state index in [1.807, 2.05) is 19.9 Å². The molecule has 1 unspecified atom stereocenters. The molecule has 7 nitrogen and oxygen atoms in total. The molecule has 118 valence electrons. The van der Waals surface area contributed by atoms with E-state index in [0.717, 1.165) is 24.6 Å². The quantitative estimate of drug-likeness (QED) is 0.741. The van der Waals surface area contributed by atoms with Crippen LogP contribution in [0.1, 0.15) is 27.2 Å². The Morgan fingerprint density at radius 2 is 2.29 bits per heavy atom. The summed E-state index contributed by atoms with van der Waals surface area (Å²) >= 11 is 0. The van der Waals surface area contributed by atoms with Crippen LogP contribution in [0.2, 0.25) is 0 Å². The van der Waals surface area contributed by atoms with E-state index in [1.54, 1.807) is 0 Å². The van der Waals surface area contributed by atoms with Crippen LogP contribution in [-0.4, -0.2) is 53.0 Å². The van der Waals surface area contributed by atoms with E-state index >= 15 is 0 Å². The molecule has 1 fully saturated rings. The minimum atomic E-state index is -0.345. The average molecular weight is 295 g/mol. The first-order chi connectivity index (χ1) is 9.93. The average Bonchev–Trinajstić information content (AvgIpc) is 2.42. The smallest absolute Gasteiger partial charge is 0.223 e. The summed E-state index contributed by atoms with van der Waals surface area (Å²) in [5.74, 6) is 1.73. The molecule has 2 heterocycles. The van der Waals surface area contributed by atoms with Gasteiger partial charge in [-0.15, -0.1) is 0 Å². The number of morpholine rings is 1. The number of hydrogen-bond donors (Lipinski definition) is 3. The second-order valence-electron chi connectivity index (χ2n) is 5.96. The van der Waals surface area contributed by atoms with E-state index in [0.29, 0.717) is 13.1 Å². The van der Waals surface area contributed by atoms with Crippen LogP contribution in [0, 0.1) is 0 Å². The number of nitrogens with one attached hydrogen (secondary N) is 1. The van der Waals surface area contributed by atoms with Crippen molar-refractivity contribution in [2.24, 2.45) is 0 Å². The predicted octanol–water partition coefficient (Wildman–Crippen LogP) is 0.857.